The fourth-order valence-corrected chi connectivity index (χ4v) is 1.87. The van der Waals surface area contributed by atoms with Crippen molar-refractivity contribution < 1.29 is 19.7 Å². The van der Waals surface area contributed by atoms with Crippen LogP contribution in [-0.2, 0) is 0 Å². The number of nitro benzene ring substituents is 4. The Labute approximate surface area is 147 Å². The van der Waals surface area contributed by atoms with E-state index in [1.807, 2.05) is 6.01 Å². The summed E-state index contributed by atoms with van der Waals surface area (Å²) in [5.74, 6) is 0. The number of nitrogens with zero attached hydrogens (tertiary/aromatic N) is 6. The molecule has 14 heteroatoms. The number of rotatable bonds is 6. The number of aliphatic imine (C=N–C) groups is 2. The van der Waals surface area contributed by atoms with Crippen LogP contribution in [0.15, 0.2) is 46.4 Å². The summed E-state index contributed by atoms with van der Waals surface area (Å²) in [6.07, 6.45) is 0. The second kappa shape index (κ2) is 7.54. The van der Waals surface area contributed by atoms with E-state index in [1.54, 1.807) is 0 Å². The second-order valence-corrected chi connectivity index (χ2v) is 4.70. The monoisotopic (exact) mass is 374 g/mol. The van der Waals surface area contributed by atoms with Crippen molar-refractivity contribution in [2.45, 2.75) is 0 Å². The molecule has 0 saturated carbocycles. The molecule has 0 aliphatic heterocycles. The van der Waals surface area contributed by atoms with E-state index < -0.39 is 42.4 Å². The van der Waals surface area contributed by atoms with Crippen LogP contribution in [0.25, 0.3) is 0 Å². The van der Waals surface area contributed by atoms with Gasteiger partial charge in [-0.2, -0.15) is 9.98 Å². The van der Waals surface area contributed by atoms with Gasteiger partial charge in [0.25, 0.3) is 11.4 Å². The van der Waals surface area contributed by atoms with Gasteiger partial charge in [-0.15, -0.1) is 0 Å². The molecule has 27 heavy (non-hydrogen) atoms. The zero-order valence-electron chi connectivity index (χ0n) is 12.9. The quantitative estimate of drug-likeness (QED) is 0.415. The highest BCUT2D eigenvalue weighted by Gasteiger charge is 2.20. The first-order valence-corrected chi connectivity index (χ1v) is 6.73. The first-order chi connectivity index (χ1) is 12.7. The Morgan fingerprint density at radius 3 is 1.30 bits per heavy atom. The van der Waals surface area contributed by atoms with E-state index in [9.17, 15) is 40.5 Å². The fourth-order valence-electron chi connectivity index (χ4n) is 1.87. The van der Waals surface area contributed by atoms with Gasteiger partial charge in [-0.05, 0) is 12.1 Å². The van der Waals surface area contributed by atoms with Gasteiger partial charge in [0.2, 0.25) is 0 Å². The van der Waals surface area contributed by atoms with Crippen LogP contribution in [0.1, 0.15) is 0 Å². The first-order valence-electron chi connectivity index (χ1n) is 6.73. The minimum atomic E-state index is -0.901. The lowest BCUT2D eigenvalue weighted by Crippen LogP contribution is -1.93. The van der Waals surface area contributed by atoms with Crippen molar-refractivity contribution in [2.24, 2.45) is 9.98 Å². The van der Waals surface area contributed by atoms with Gasteiger partial charge in [0.1, 0.15) is 6.01 Å². The molecule has 2 aromatic rings. The van der Waals surface area contributed by atoms with E-state index in [2.05, 4.69) is 9.98 Å². The van der Waals surface area contributed by atoms with Crippen molar-refractivity contribution in [2.75, 3.05) is 0 Å². The lowest BCUT2D eigenvalue weighted by atomic mass is 10.2. The predicted molar refractivity (Wildman–Crippen MR) is 88.7 cm³/mol. The van der Waals surface area contributed by atoms with Gasteiger partial charge in [0, 0.05) is 12.1 Å². The van der Waals surface area contributed by atoms with E-state index in [-0.39, 0.29) is 11.4 Å². The summed E-state index contributed by atoms with van der Waals surface area (Å²) in [6, 6.07) is 7.31. The van der Waals surface area contributed by atoms with Gasteiger partial charge in [0.15, 0.2) is 11.4 Å². The molecular formula is C13H6N6O8. The smallest absolute Gasteiger partial charge is 0.258 e. The molecule has 136 valence electrons. The van der Waals surface area contributed by atoms with Crippen LogP contribution >= 0.6 is 0 Å². The summed E-state index contributed by atoms with van der Waals surface area (Å²) in [4.78, 5) is 46.9. The molecule has 0 aromatic heterocycles. The molecule has 0 aliphatic rings. The van der Waals surface area contributed by atoms with Crippen LogP contribution in [0.3, 0.4) is 0 Å². The van der Waals surface area contributed by atoms with E-state index >= 15 is 0 Å². The van der Waals surface area contributed by atoms with Crippen LogP contribution in [0.5, 0.6) is 0 Å². The van der Waals surface area contributed by atoms with Gasteiger partial charge in [-0.25, -0.2) is 0 Å². The summed E-state index contributed by atoms with van der Waals surface area (Å²) in [6.45, 7) is 0. The maximum Gasteiger partial charge on any atom is 0.302 e. The molecule has 14 nitrogen and oxygen atoms in total. The van der Waals surface area contributed by atoms with Gasteiger partial charge >= 0.3 is 11.4 Å². The van der Waals surface area contributed by atoms with Crippen molar-refractivity contribution in [3.05, 3.63) is 76.9 Å². The van der Waals surface area contributed by atoms with E-state index in [0.29, 0.717) is 12.1 Å². The van der Waals surface area contributed by atoms with Gasteiger partial charge < -0.3 is 0 Å². The molecule has 2 aromatic carbocycles. The Bertz CT molecular complexity index is 964. The highest BCUT2D eigenvalue weighted by atomic mass is 16.6. The zero-order chi connectivity index (χ0) is 20.1. The Hall–Kier alpha value is -4.58. The molecule has 0 spiro atoms. The predicted octanol–water partition coefficient (Wildman–Crippen LogP) is 3.46. The number of hydrogen-bond acceptors (Lipinski definition) is 10. The molecule has 0 fully saturated rings. The summed E-state index contributed by atoms with van der Waals surface area (Å²) >= 11 is 0. The highest BCUT2D eigenvalue weighted by molar-refractivity contribution is 5.70. The third-order valence-corrected chi connectivity index (χ3v) is 3.07. The van der Waals surface area contributed by atoms with Gasteiger partial charge in [0.05, 0.1) is 31.8 Å². The lowest BCUT2D eigenvalue weighted by Gasteiger charge is -1.96. The minimum Gasteiger partial charge on any atom is -0.258 e. The molecule has 0 N–H and O–H groups in total. The average molecular weight is 374 g/mol. The maximum absolute atomic E-state index is 11.0. The maximum atomic E-state index is 11.0. The molecule has 2 rings (SSSR count). The van der Waals surface area contributed by atoms with Gasteiger partial charge in [-0.1, -0.05) is 0 Å². The highest BCUT2D eigenvalue weighted by Crippen LogP contribution is 2.32. The standard InChI is InChI=1S/C13H6N6O8/c20-16(21)8-1-3-10(12(5-8)18(24)25)14-7-15-11-4-2-9(17(22)23)6-13(11)19(26)27/h1-6H. The molecule has 0 aliphatic carbocycles. The summed E-state index contributed by atoms with van der Waals surface area (Å²) < 4.78 is 0. The molecule has 0 amide bonds. The number of non-ortho nitro benzene ring substituents is 2. The molecule has 0 saturated heterocycles. The molecule has 0 atom stereocenters. The van der Waals surface area contributed by atoms with Crippen LogP contribution in [0.4, 0.5) is 34.1 Å². The van der Waals surface area contributed by atoms with E-state index in [4.69, 9.17) is 0 Å². The summed E-state index contributed by atoms with van der Waals surface area (Å²) in [7, 11) is 0. The number of nitro groups is 4. The normalized spacial score (nSPS) is 9.78. The number of benzene rings is 2. The van der Waals surface area contributed by atoms with E-state index in [1.165, 1.54) is 0 Å². The second-order valence-electron chi connectivity index (χ2n) is 4.70. The fraction of sp³-hybridized carbons (Fsp3) is 0. The molecular weight excluding hydrogens is 368 g/mol. The van der Waals surface area contributed by atoms with Crippen molar-refractivity contribution in [1.82, 2.24) is 0 Å². The summed E-state index contributed by atoms with van der Waals surface area (Å²) in [5, 5.41) is 43.3. The number of hydrogen-bond donors (Lipinski definition) is 0. The third kappa shape index (κ3) is 4.28. The third-order valence-electron chi connectivity index (χ3n) is 3.07. The zero-order valence-corrected chi connectivity index (χ0v) is 12.9. The van der Waals surface area contributed by atoms with Gasteiger partial charge in [-0.3, -0.25) is 40.5 Å². The van der Waals surface area contributed by atoms with Crippen LogP contribution in [-0.4, -0.2) is 25.7 Å². The Morgan fingerprint density at radius 1 is 0.630 bits per heavy atom. The van der Waals surface area contributed by atoms with Crippen molar-refractivity contribution in [3.63, 3.8) is 0 Å². The molecule has 0 unspecified atom stereocenters. The van der Waals surface area contributed by atoms with E-state index in [0.717, 1.165) is 24.3 Å². The topological polar surface area (TPSA) is 197 Å². The Kier molecular flexibility index (Phi) is 5.24. The molecule has 0 bridgehead atoms. The minimum absolute atomic E-state index is 0.320. The lowest BCUT2D eigenvalue weighted by molar-refractivity contribution is -0.393. The molecule has 0 radical (unpaired) electrons. The largest absolute Gasteiger partial charge is 0.302 e. The van der Waals surface area contributed by atoms with Crippen LogP contribution in [0, 0.1) is 40.5 Å². The van der Waals surface area contributed by atoms with Crippen LogP contribution < -0.4 is 0 Å². The average Bonchev–Trinajstić information content (AvgIpc) is 2.61. The summed E-state index contributed by atoms with van der Waals surface area (Å²) in [5.41, 5.74) is -3.07. The molecule has 0 heterocycles. The van der Waals surface area contributed by atoms with Crippen LogP contribution in [0.2, 0.25) is 0 Å². The first kappa shape index (κ1) is 18.8. The Balaban J connectivity index is 2.48. The van der Waals surface area contributed by atoms with Crippen molar-refractivity contribution in [1.29, 1.82) is 0 Å². The Morgan fingerprint density at radius 2 is 1.00 bits per heavy atom. The SMILES string of the molecule is O=[N+]([O-])c1ccc(N=C=Nc2ccc([N+](=O)[O-])cc2[N+](=O)[O-])c([N+](=O)[O-])c1. The van der Waals surface area contributed by atoms with Crippen molar-refractivity contribution in [3.8, 4) is 0 Å². The van der Waals surface area contributed by atoms with Crippen molar-refractivity contribution >= 4 is 40.1 Å².